The van der Waals surface area contributed by atoms with Crippen LogP contribution in [0, 0.1) is 11.8 Å². The van der Waals surface area contributed by atoms with E-state index in [1.165, 1.54) is 5.56 Å². The molecule has 0 saturated heterocycles. The zero-order chi connectivity index (χ0) is 15.5. The van der Waals surface area contributed by atoms with Gasteiger partial charge < -0.3 is 15.4 Å². The van der Waals surface area contributed by atoms with E-state index in [0.29, 0.717) is 6.54 Å². The molecule has 4 heteroatoms. The van der Waals surface area contributed by atoms with Gasteiger partial charge in [0.25, 0.3) is 0 Å². The second-order valence-electron chi connectivity index (χ2n) is 4.61. The van der Waals surface area contributed by atoms with Gasteiger partial charge in [0.1, 0.15) is 5.75 Å². The molecule has 0 aromatic heterocycles. The third kappa shape index (κ3) is 6.43. The summed E-state index contributed by atoms with van der Waals surface area (Å²) in [7, 11) is 1.71. The molecule has 1 aromatic carbocycles. The molecule has 0 unspecified atom stereocenters. The monoisotopic (exact) mass is 306 g/mol. The van der Waals surface area contributed by atoms with Gasteiger partial charge in [0.15, 0.2) is 0 Å². The zero-order valence-corrected chi connectivity index (χ0v) is 14.1. The Kier molecular flexibility index (Phi) is 9.00. The highest BCUT2D eigenvalue weighted by atomic mass is 32.2. The normalized spacial score (nSPS) is 10.3. The molecule has 0 atom stereocenters. The van der Waals surface area contributed by atoms with Gasteiger partial charge in [-0.05, 0) is 31.3 Å². The van der Waals surface area contributed by atoms with Crippen molar-refractivity contribution in [1.29, 1.82) is 0 Å². The minimum atomic E-state index is 0.389. The number of rotatable bonds is 8. The second-order valence-corrected chi connectivity index (χ2v) is 5.72. The molecule has 0 aliphatic carbocycles. The Hall–Kier alpha value is -1.15. The smallest absolute Gasteiger partial charge is 0.122 e. The lowest BCUT2D eigenvalue weighted by Gasteiger charge is -2.17. The van der Waals surface area contributed by atoms with Crippen LogP contribution in [0.2, 0.25) is 0 Å². The van der Waals surface area contributed by atoms with Gasteiger partial charge in [0, 0.05) is 29.2 Å². The Morgan fingerprint density at radius 2 is 2.05 bits per heavy atom. The van der Waals surface area contributed by atoms with Crippen LogP contribution in [0.4, 0.5) is 0 Å². The number of nitrogens with zero attached hydrogens (tertiary/aromatic N) is 1. The standard InChI is InChI=1S/C17H26N2OS/c1-4-19(5-2)11-12-21-14-16-13-15(7-6-10-18)8-9-17(16)20-3/h8-9,13H,4-5,10-12,14,18H2,1-3H3. The summed E-state index contributed by atoms with van der Waals surface area (Å²) in [6.45, 7) is 8.16. The van der Waals surface area contributed by atoms with E-state index in [0.717, 1.165) is 42.5 Å². The van der Waals surface area contributed by atoms with Gasteiger partial charge in [0.05, 0.1) is 13.7 Å². The highest BCUT2D eigenvalue weighted by Gasteiger charge is 2.05. The summed E-state index contributed by atoms with van der Waals surface area (Å²) in [5, 5.41) is 0. The maximum absolute atomic E-state index is 5.43. The van der Waals surface area contributed by atoms with Crippen LogP contribution in [0.3, 0.4) is 0 Å². The molecule has 1 rings (SSSR count). The van der Waals surface area contributed by atoms with Crippen LogP contribution in [0.15, 0.2) is 18.2 Å². The van der Waals surface area contributed by atoms with E-state index >= 15 is 0 Å². The summed E-state index contributed by atoms with van der Waals surface area (Å²) < 4.78 is 5.43. The molecule has 0 bridgehead atoms. The van der Waals surface area contributed by atoms with Crippen LogP contribution < -0.4 is 10.5 Å². The topological polar surface area (TPSA) is 38.5 Å². The average Bonchev–Trinajstić information content (AvgIpc) is 2.53. The summed E-state index contributed by atoms with van der Waals surface area (Å²) in [4.78, 5) is 2.44. The quantitative estimate of drug-likeness (QED) is 0.592. The van der Waals surface area contributed by atoms with Gasteiger partial charge in [0.2, 0.25) is 0 Å². The Balaban J connectivity index is 2.59. The Morgan fingerprint density at radius 1 is 1.29 bits per heavy atom. The molecule has 0 aliphatic heterocycles. The van der Waals surface area contributed by atoms with E-state index in [-0.39, 0.29) is 0 Å². The lowest BCUT2D eigenvalue weighted by Crippen LogP contribution is -2.25. The molecule has 2 N–H and O–H groups in total. The number of hydrogen-bond donors (Lipinski definition) is 1. The third-order valence-electron chi connectivity index (χ3n) is 3.32. The minimum Gasteiger partial charge on any atom is -0.496 e. The molecule has 0 amide bonds. The lowest BCUT2D eigenvalue weighted by molar-refractivity contribution is 0.324. The Morgan fingerprint density at radius 3 is 2.67 bits per heavy atom. The summed E-state index contributed by atoms with van der Waals surface area (Å²) in [6.07, 6.45) is 0. The molecule has 0 heterocycles. The fourth-order valence-electron chi connectivity index (χ4n) is 2.04. The number of methoxy groups -OCH3 is 1. The van der Waals surface area contributed by atoms with Crippen LogP contribution in [-0.4, -0.2) is 43.9 Å². The molecule has 0 fully saturated rings. The first-order valence-corrected chi connectivity index (χ1v) is 8.56. The van der Waals surface area contributed by atoms with Crippen LogP contribution in [0.5, 0.6) is 5.75 Å². The van der Waals surface area contributed by atoms with Crippen molar-refractivity contribution in [3.05, 3.63) is 29.3 Å². The lowest BCUT2D eigenvalue weighted by atomic mass is 10.1. The molecule has 3 nitrogen and oxygen atoms in total. The predicted octanol–water partition coefficient (Wildman–Crippen LogP) is 2.58. The van der Waals surface area contributed by atoms with Crippen molar-refractivity contribution in [2.45, 2.75) is 19.6 Å². The average molecular weight is 306 g/mol. The molecule has 0 aliphatic rings. The summed E-state index contributed by atoms with van der Waals surface area (Å²) in [5.74, 6) is 8.97. The summed E-state index contributed by atoms with van der Waals surface area (Å²) in [5.41, 5.74) is 7.62. The van der Waals surface area contributed by atoms with Crippen molar-refractivity contribution in [2.75, 3.05) is 39.0 Å². The molecule has 0 saturated carbocycles. The highest BCUT2D eigenvalue weighted by Crippen LogP contribution is 2.24. The van der Waals surface area contributed by atoms with E-state index in [1.807, 2.05) is 23.9 Å². The van der Waals surface area contributed by atoms with E-state index in [9.17, 15) is 0 Å². The van der Waals surface area contributed by atoms with Crippen LogP contribution in [0.1, 0.15) is 25.0 Å². The van der Waals surface area contributed by atoms with Gasteiger partial charge in [-0.3, -0.25) is 0 Å². The molecular formula is C17H26N2OS. The minimum absolute atomic E-state index is 0.389. The molecule has 0 spiro atoms. The Labute approximate surface area is 133 Å². The van der Waals surface area contributed by atoms with Gasteiger partial charge >= 0.3 is 0 Å². The number of benzene rings is 1. The maximum atomic E-state index is 5.43. The van der Waals surface area contributed by atoms with Gasteiger partial charge in [-0.25, -0.2) is 0 Å². The zero-order valence-electron chi connectivity index (χ0n) is 13.3. The molecule has 116 valence electrons. The summed E-state index contributed by atoms with van der Waals surface area (Å²) in [6, 6.07) is 6.07. The second kappa shape index (κ2) is 10.6. The fourth-order valence-corrected chi connectivity index (χ4v) is 3.01. The predicted molar refractivity (Wildman–Crippen MR) is 92.9 cm³/mol. The van der Waals surface area contributed by atoms with Gasteiger partial charge in [-0.15, -0.1) is 0 Å². The maximum Gasteiger partial charge on any atom is 0.122 e. The van der Waals surface area contributed by atoms with Crippen molar-refractivity contribution < 1.29 is 4.74 Å². The van der Waals surface area contributed by atoms with E-state index in [1.54, 1.807) is 7.11 Å². The number of nitrogens with two attached hydrogens (primary N) is 1. The first-order valence-electron chi connectivity index (χ1n) is 7.41. The molecule has 1 aromatic rings. The van der Waals surface area contributed by atoms with Crippen LogP contribution in [0.25, 0.3) is 0 Å². The highest BCUT2D eigenvalue weighted by molar-refractivity contribution is 7.98. The van der Waals surface area contributed by atoms with Crippen LogP contribution >= 0.6 is 11.8 Å². The fraction of sp³-hybridized carbons (Fsp3) is 0.529. The number of hydrogen-bond acceptors (Lipinski definition) is 4. The first kappa shape index (κ1) is 17.9. The van der Waals surface area contributed by atoms with Crippen molar-refractivity contribution in [2.24, 2.45) is 5.73 Å². The van der Waals surface area contributed by atoms with Gasteiger partial charge in [-0.2, -0.15) is 11.8 Å². The van der Waals surface area contributed by atoms with E-state index < -0.39 is 0 Å². The Bertz CT molecular complexity index is 475. The molecule has 0 radical (unpaired) electrons. The number of ether oxygens (including phenoxy) is 1. The molecular weight excluding hydrogens is 280 g/mol. The largest absolute Gasteiger partial charge is 0.496 e. The first-order chi connectivity index (χ1) is 10.2. The van der Waals surface area contributed by atoms with E-state index in [4.69, 9.17) is 10.5 Å². The van der Waals surface area contributed by atoms with Crippen molar-refractivity contribution in [1.82, 2.24) is 4.90 Å². The SMILES string of the molecule is CCN(CC)CCSCc1cc(C#CCN)ccc1OC. The third-order valence-corrected chi connectivity index (χ3v) is 4.31. The molecule has 21 heavy (non-hydrogen) atoms. The summed E-state index contributed by atoms with van der Waals surface area (Å²) >= 11 is 1.93. The van der Waals surface area contributed by atoms with Crippen LogP contribution in [-0.2, 0) is 5.75 Å². The van der Waals surface area contributed by atoms with Crippen molar-refractivity contribution >= 4 is 11.8 Å². The number of thioether (sulfide) groups is 1. The van der Waals surface area contributed by atoms with Gasteiger partial charge in [-0.1, -0.05) is 25.7 Å². The van der Waals surface area contributed by atoms with E-state index in [2.05, 4.69) is 36.7 Å². The van der Waals surface area contributed by atoms with Crippen molar-refractivity contribution in [3.63, 3.8) is 0 Å². The van der Waals surface area contributed by atoms with Crippen molar-refractivity contribution in [3.8, 4) is 17.6 Å².